The lowest BCUT2D eigenvalue weighted by Crippen LogP contribution is -2.40. The van der Waals surface area contributed by atoms with E-state index in [1.165, 1.54) is 0 Å². The molecule has 1 aliphatic heterocycles. The van der Waals surface area contributed by atoms with Crippen molar-refractivity contribution in [3.05, 3.63) is 0 Å². The van der Waals surface area contributed by atoms with Crippen molar-refractivity contribution < 1.29 is 14.3 Å². The summed E-state index contributed by atoms with van der Waals surface area (Å²) >= 11 is 0. The van der Waals surface area contributed by atoms with Gasteiger partial charge in [-0.15, -0.1) is 0 Å². The number of hydrogen-bond acceptors (Lipinski definition) is 4. The zero-order chi connectivity index (χ0) is 9.52. The van der Waals surface area contributed by atoms with E-state index in [4.69, 9.17) is 9.47 Å². The van der Waals surface area contributed by atoms with E-state index < -0.39 is 0 Å². The standard InChI is InChI=1S/C9H17NO3/c1-2-13-9(11)6-10-8-4-3-5-12-7-8/h8,10H,2-7H2,1H3. The van der Waals surface area contributed by atoms with Crippen molar-refractivity contribution in [2.75, 3.05) is 26.4 Å². The first kappa shape index (κ1) is 10.5. The van der Waals surface area contributed by atoms with Gasteiger partial charge in [-0.25, -0.2) is 0 Å². The second kappa shape index (κ2) is 5.94. The van der Waals surface area contributed by atoms with Crippen molar-refractivity contribution in [3.8, 4) is 0 Å². The van der Waals surface area contributed by atoms with E-state index in [9.17, 15) is 4.79 Å². The lowest BCUT2D eigenvalue weighted by Gasteiger charge is -2.22. The van der Waals surface area contributed by atoms with Gasteiger partial charge in [-0.05, 0) is 19.8 Å². The summed E-state index contributed by atoms with van der Waals surface area (Å²) in [5, 5.41) is 3.11. The fourth-order valence-electron chi connectivity index (χ4n) is 1.34. The quantitative estimate of drug-likeness (QED) is 0.644. The first-order valence-corrected chi connectivity index (χ1v) is 4.79. The Kier molecular flexibility index (Phi) is 4.78. The first-order chi connectivity index (χ1) is 6.33. The van der Waals surface area contributed by atoms with Crippen molar-refractivity contribution in [2.24, 2.45) is 0 Å². The summed E-state index contributed by atoms with van der Waals surface area (Å²) in [6.45, 7) is 4.10. The van der Waals surface area contributed by atoms with Crippen molar-refractivity contribution in [3.63, 3.8) is 0 Å². The summed E-state index contributed by atoms with van der Waals surface area (Å²) in [7, 11) is 0. The smallest absolute Gasteiger partial charge is 0.319 e. The van der Waals surface area contributed by atoms with Gasteiger partial charge in [0.1, 0.15) is 0 Å². The van der Waals surface area contributed by atoms with E-state index in [1.807, 2.05) is 6.92 Å². The van der Waals surface area contributed by atoms with Gasteiger partial charge in [0.05, 0.1) is 19.8 Å². The van der Waals surface area contributed by atoms with Crippen LogP contribution < -0.4 is 5.32 Å². The molecule has 1 heterocycles. The summed E-state index contributed by atoms with van der Waals surface area (Å²) in [6, 6.07) is 0.318. The van der Waals surface area contributed by atoms with Crippen LogP contribution in [0.25, 0.3) is 0 Å². The third-order valence-corrected chi connectivity index (χ3v) is 2.00. The van der Waals surface area contributed by atoms with Crippen LogP contribution in [0.15, 0.2) is 0 Å². The maximum atomic E-state index is 11.0. The van der Waals surface area contributed by atoms with Crippen LogP contribution in [0.3, 0.4) is 0 Å². The molecule has 0 saturated carbocycles. The van der Waals surface area contributed by atoms with E-state index in [0.29, 0.717) is 25.8 Å². The summed E-state index contributed by atoms with van der Waals surface area (Å²) in [5.41, 5.74) is 0. The monoisotopic (exact) mass is 187 g/mol. The summed E-state index contributed by atoms with van der Waals surface area (Å²) < 4.78 is 10.1. The van der Waals surface area contributed by atoms with Crippen LogP contribution in [0.2, 0.25) is 0 Å². The van der Waals surface area contributed by atoms with Crippen LogP contribution in [0.1, 0.15) is 19.8 Å². The lowest BCUT2D eigenvalue weighted by molar-refractivity contribution is -0.142. The predicted octanol–water partition coefficient (Wildman–Crippen LogP) is 0.318. The van der Waals surface area contributed by atoms with Crippen LogP contribution in [-0.4, -0.2) is 38.4 Å². The van der Waals surface area contributed by atoms with E-state index in [0.717, 1.165) is 19.4 Å². The van der Waals surface area contributed by atoms with Crippen LogP contribution in [0.4, 0.5) is 0 Å². The van der Waals surface area contributed by atoms with E-state index in [1.54, 1.807) is 0 Å². The fraction of sp³-hybridized carbons (Fsp3) is 0.889. The Hall–Kier alpha value is -0.610. The molecule has 0 aromatic rings. The van der Waals surface area contributed by atoms with Gasteiger partial charge in [0.15, 0.2) is 0 Å². The number of carbonyl (C=O) groups is 1. The van der Waals surface area contributed by atoms with E-state index in [-0.39, 0.29) is 5.97 Å². The maximum absolute atomic E-state index is 11.0. The molecule has 1 atom stereocenters. The number of rotatable bonds is 4. The third kappa shape index (κ3) is 4.24. The highest BCUT2D eigenvalue weighted by Crippen LogP contribution is 2.04. The van der Waals surface area contributed by atoms with Crippen LogP contribution in [-0.2, 0) is 14.3 Å². The Balaban J connectivity index is 2.06. The molecule has 0 spiro atoms. The van der Waals surface area contributed by atoms with E-state index >= 15 is 0 Å². The number of hydrogen-bond donors (Lipinski definition) is 1. The predicted molar refractivity (Wildman–Crippen MR) is 48.5 cm³/mol. The molecule has 1 aliphatic rings. The lowest BCUT2D eigenvalue weighted by atomic mass is 10.1. The highest BCUT2D eigenvalue weighted by molar-refractivity contribution is 5.71. The van der Waals surface area contributed by atoms with Crippen molar-refractivity contribution in [1.82, 2.24) is 5.32 Å². The van der Waals surface area contributed by atoms with Crippen molar-refractivity contribution >= 4 is 5.97 Å². The molecule has 0 amide bonds. The van der Waals surface area contributed by atoms with Gasteiger partial charge in [0.2, 0.25) is 0 Å². The molecular weight excluding hydrogens is 170 g/mol. The Labute approximate surface area is 78.6 Å². The van der Waals surface area contributed by atoms with Gasteiger partial charge in [-0.1, -0.05) is 0 Å². The molecule has 0 aliphatic carbocycles. The normalized spacial score (nSPS) is 22.7. The Morgan fingerprint density at radius 2 is 2.54 bits per heavy atom. The van der Waals surface area contributed by atoms with Gasteiger partial charge in [-0.2, -0.15) is 0 Å². The van der Waals surface area contributed by atoms with Crippen LogP contribution >= 0.6 is 0 Å². The molecular formula is C9H17NO3. The first-order valence-electron chi connectivity index (χ1n) is 4.79. The second-order valence-electron chi connectivity index (χ2n) is 3.10. The topological polar surface area (TPSA) is 47.6 Å². The molecule has 1 N–H and O–H groups in total. The summed E-state index contributed by atoms with van der Waals surface area (Å²) in [4.78, 5) is 11.0. The van der Waals surface area contributed by atoms with Gasteiger partial charge in [-0.3, -0.25) is 4.79 Å². The van der Waals surface area contributed by atoms with Crippen molar-refractivity contribution in [2.45, 2.75) is 25.8 Å². The molecule has 1 fully saturated rings. The molecule has 4 heteroatoms. The average molecular weight is 187 g/mol. The van der Waals surface area contributed by atoms with Crippen LogP contribution in [0, 0.1) is 0 Å². The third-order valence-electron chi connectivity index (χ3n) is 2.00. The molecule has 0 bridgehead atoms. The Morgan fingerprint density at radius 1 is 1.69 bits per heavy atom. The highest BCUT2D eigenvalue weighted by Gasteiger charge is 2.14. The largest absolute Gasteiger partial charge is 0.465 e. The minimum atomic E-state index is -0.187. The molecule has 0 aromatic carbocycles. The molecule has 0 radical (unpaired) electrons. The van der Waals surface area contributed by atoms with Gasteiger partial charge >= 0.3 is 5.97 Å². The number of nitrogens with one attached hydrogen (secondary N) is 1. The highest BCUT2D eigenvalue weighted by atomic mass is 16.5. The fourth-order valence-corrected chi connectivity index (χ4v) is 1.34. The van der Waals surface area contributed by atoms with E-state index in [2.05, 4.69) is 5.32 Å². The zero-order valence-electron chi connectivity index (χ0n) is 8.04. The molecule has 1 unspecified atom stereocenters. The number of esters is 1. The number of ether oxygens (including phenoxy) is 2. The molecule has 0 aromatic heterocycles. The summed E-state index contributed by atoms with van der Waals surface area (Å²) in [5.74, 6) is -0.187. The minimum Gasteiger partial charge on any atom is -0.465 e. The SMILES string of the molecule is CCOC(=O)CNC1CCCOC1. The average Bonchev–Trinajstić information content (AvgIpc) is 2.17. The van der Waals surface area contributed by atoms with Gasteiger partial charge < -0.3 is 14.8 Å². The summed E-state index contributed by atoms with van der Waals surface area (Å²) in [6.07, 6.45) is 2.15. The van der Waals surface area contributed by atoms with Crippen molar-refractivity contribution in [1.29, 1.82) is 0 Å². The Bertz CT molecular complexity index is 155. The van der Waals surface area contributed by atoms with Gasteiger partial charge in [0, 0.05) is 12.6 Å². The van der Waals surface area contributed by atoms with Crippen LogP contribution in [0.5, 0.6) is 0 Å². The zero-order valence-corrected chi connectivity index (χ0v) is 8.04. The van der Waals surface area contributed by atoms with Gasteiger partial charge in [0.25, 0.3) is 0 Å². The maximum Gasteiger partial charge on any atom is 0.319 e. The number of carbonyl (C=O) groups excluding carboxylic acids is 1. The second-order valence-corrected chi connectivity index (χ2v) is 3.10. The molecule has 13 heavy (non-hydrogen) atoms. The molecule has 1 saturated heterocycles. The molecule has 4 nitrogen and oxygen atoms in total. The Morgan fingerprint density at radius 3 is 3.15 bits per heavy atom. The minimum absolute atomic E-state index is 0.187. The molecule has 1 rings (SSSR count). The molecule has 76 valence electrons.